The summed E-state index contributed by atoms with van der Waals surface area (Å²) in [5.41, 5.74) is 9.44. The van der Waals surface area contributed by atoms with E-state index < -0.39 is 5.60 Å². The number of amides is 1. The largest absolute Gasteiger partial charge is 0.507 e. The summed E-state index contributed by atoms with van der Waals surface area (Å²) in [6.07, 6.45) is 1.93. The summed E-state index contributed by atoms with van der Waals surface area (Å²) < 4.78 is 12.6. The Morgan fingerprint density at radius 2 is 1.92 bits per heavy atom. The quantitative estimate of drug-likeness (QED) is 0.315. The van der Waals surface area contributed by atoms with Gasteiger partial charge in [-0.2, -0.15) is 0 Å². The molecule has 2 aliphatic rings. The predicted octanol–water partition coefficient (Wildman–Crippen LogP) is 5.60. The summed E-state index contributed by atoms with van der Waals surface area (Å²) in [6, 6.07) is 11.4. The topological polar surface area (TPSA) is 97.4 Å². The van der Waals surface area contributed by atoms with Crippen LogP contribution in [0.2, 0.25) is 0 Å². The fourth-order valence-electron chi connectivity index (χ4n) is 5.15. The van der Waals surface area contributed by atoms with E-state index in [1.165, 1.54) is 0 Å². The fraction of sp³-hybridized carbons (Fsp3) is 0.379. The van der Waals surface area contributed by atoms with E-state index in [1.807, 2.05) is 74.4 Å². The second-order valence-electron chi connectivity index (χ2n) is 10.1. The van der Waals surface area contributed by atoms with Crippen LogP contribution in [0.1, 0.15) is 46.9 Å². The van der Waals surface area contributed by atoms with Gasteiger partial charge in [0.2, 0.25) is 0 Å². The second kappa shape index (κ2) is 10.9. The smallest absolute Gasteiger partial charge is 0.266 e. The Hall–Kier alpha value is -3.23. The molecule has 202 valence electrons. The summed E-state index contributed by atoms with van der Waals surface area (Å²) in [4.78, 5) is 20.9. The summed E-state index contributed by atoms with van der Waals surface area (Å²) in [5.74, 6) is 2.28. The molecule has 2 aromatic carbocycles. The van der Waals surface area contributed by atoms with Crippen molar-refractivity contribution < 1.29 is 19.4 Å². The van der Waals surface area contributed by atoms with Gasteiger partial charge in [-0.1, -0.05) is 6.07 Å². The van der Waals surface area contributed by atoms with E-state index in [9.17, 15) is 9.90 Å². The lowest BCUT2D eigenvalue weighted by Crippen LogP contribution is -2.52. The number of ether oxygens (including phenoxy) is 2. The number of aliphatic imine (C=N–C) groups is 1. The third-order valence-corrected chi connectivity index (χ3v) is 8.46. The Labute approximate surface area is 233 Å². The van der Waals surface area contributed by atoms with E-state index in [4.69, 9.17) is 15.2 Å². The zero-order chi connectivity index (χ0) is 26.3. The third kappa shape index (κ3) is 5.20. The molecule has 0 saturated carbocycles. The molecule has 1 unspecified atom stereocenters. The Morgan fingerprint density at radius 3 is 2.61 bits per heavy atom. The molecule has 38 heavy (non-hydrogen) atoms. The van der Waals surface area contributed by atoms with Crippen LogP contribution in [-0.2, 0) is 11.2 Å². The minimum atomic E-state index is -0.940. The summed E-state index contributed by atoms with van der Waals surface area (Å²) in [7, 11) is 0. The molecule has 7 nitrogen and oxygen atoms in total. The number of carbonyl (C=O) groups is 1. The number of phenols is 1. The normalized spacial score (nSPS) is 20.9. The summed E-state index contributed by atoms with van der Waals surface area (Å²) >= 11 is 1.55. The van der Waals surface area contributed by atoms with E-state index in [1.54, 1.807) is 11.3 Å². The number of fused-ring (bicyclic) bond motifs is 1. The summed E-state index contributed by atoms with van der Waals surface area (Å²) in [5, 5.41) is 12.4. The number of thiophene rings is 1. The molecule has 1 saturated heterocycles. The lowest BCUT2D eigenvalue weighted by molar-refractivity contribution is -0.147. The van der Waals surface area contributed by atoms with Crippen molar-refractivity contribution >= 4 is 41.2 Å². The number of hydrogen-bond acceptors (Lipinski definition) is 6. The maximum Gasteiger partial charge on any atom is 0.266 e. The fourth-order valence-corrected chi connectivity index (χ4v) is 5.78. The third-order valence-electron chi connectivity index (χ3n) is 7.57. The van der Waals surface area contributed by atoms with E-state index in [0.717, 1.165) is 50.7 Å². The number of benzene rings is 2. The van der Waals surface area contributed by atoms with E-state index >= 15 is 0 Å². The van der Waals surface area contributed by atoms with Gasteiger partial charge in [0.25, 0.3) is 5.91 Å². The van der Waals surface area contributed by atoms with E-state index in [0.29, 0.717) is 37.5 Å². The van der Waals surface area contributed by atoms with Gasteiger partial charge in [0.1, 0.15) is 29.2 Å². The van der Waals surface area contributed by atoms with Crippen molar-refractivity contribution in [2.45, 2.75) is 58.7 Å². The van der Waals surface area contributed by atoms with Crippen LogP contribution in [0, 0.1) is 20.8 Å². The number of phenolic OH excluding ortho intramolecular Hbond substituents is 1. The molecular formula is C29H34ClN3O4S. The highest BCUT2D eigenvalue weighted by atomic mass is 35.5. The first kappa shape index (κ1) is 27.8. The molecule has 9 heteroatoms. The molecule has 3 heterocycles. The van der Waals surface area contributed by atoms with E-state index in [2.05, 4.69) is 4.99 Å². The van der Waals surface area contributed by atoms with Crippen LogP contribution in [0.15, 0.2) is 46.8 Å². The van der Waals surface area contributed by atoms with Gasteiger partial charge in [0.15, 0.2) is 5.60 Å². The van der Waals surface area contributed by atoms with Gasteiger partial charge in [-0.3, -0.25) is 4.79 Å². The van der Waals surface area contributed by atoms with Crippen molar-refractivity contribution in [2.75, 3.05) is 13.1 Å². The first-order chi connectivity index (χ1) is 17.7. The number of likely N-dealkylation sites (tertiary alicyclic amines) is 1. The highest BCUT2D eigenvalue weighted by Gasteiger charge is 2.45. The molecule has 1 amide bonds. The molecular weight excluding hydrogens is 522 g/mol. The van der Waals surface area contributed by atoms with Crippen LogP contribution in [-0.4, -0.2) is 46.5 Å². The molecule has 0 radical (unpaired) electrons. The SMILES string of the molecule is Cc1c(C)c2c(c(C)c1O)CCC(C)(C(=O)N1CC[C@H](Oc3ccc(N=C(N)c4cccs4)cc3)C1)O2.Cl. The van der Waals surface area contributed by atoms with Crippen molar-refractivity contribution in [3.8, 4) is 17.2 Å². The molecule has 5 rings (SSSR count). The van der Waals surface area contributed by atoms with Crippen molar-refractivity contribution in [1.29, 1.82) is 0 Å². The van der Waals surface area contributed by atoms with Crippen LogP contribution >= 0.6 is 23.7 Å². The van der Waals surface area contributed by atoms with Crippen LogP contribution < -0.4 is 15.2 Å². The predicted molar refractivity (Wildman–Crippen MR) is 154 cm³/mol. The molecule has 0 bridgehead atoms. The Morgan fingerprint density at radius 1 is 1.18 bits per heavy atom. The van der Waals surface area contributed by atoms with Gasteiger partial charge < -0.3 is 25.2 Å². The van der Waals surface area contributed by atoms with Gasteiger partial charge in [0.05, 0.1) is 17.1 Å². The first-order valence-corrected chi connectivity index (χ1v) is 13.5. The minimum absolute atomic E-state index is 0. The maximum absolute atomic E-state index is 13.6. The number of aromatic hydroxyl groups is 1. The molecule has 0 spiro atoms. The number of nitrogens with two attached hydrogens (primary N) is 1. The Balaban J connectivity index is 0.00000336. The Kier molecular flexibility index (Phi) is 7.95. The molecule has 3 aromatic rings. The zero-order valence-electron chi connectivity index (χ0n) is 22.1. The number of nitrogens with zero attached hydrogens (tertiary/aromatic N) is 2. The summed E-state index contributed by atoms with van der Waals surface area (Å²) in [6.45, 7) is 8.76. The van der Waals surface area contributed by atoms with Gasteiger partial charge in [-0.15, -0.1) is 23.7 Å². The highest BCUT2D eigenvalue weighted by Crippen LogP contribution is 2.44. The lowest BCUT2D eigenvalue weighted by Gasteiger charge is -2.38. The van der Waals surface area contributed by atoms with Crippen LogP contribution in [0.3, 0.4) is 0 Å². The minimum Gasteiger partial charge on any atom is -0.507 e. The van der Waals surface area contributed by atoms with Gasteiger partial charge >= 0.3 is 0 Å². The van der Waals surface area contributed by atoms with Crippen LogP contribution in [0.5, 0.6) is 17.2 Å². The Bertz CT molecular complexity index is 1360. The van der Waals surface area contributed by atoms with Crippen molar-refractivity contribution in [2.24, 2.45) is 10.7 Å². The average Bonchev–Trinajstić information content (AvgIpc) is 3.60. The number of amidine groups is 1. The molecule has 1 fully saturated rings. The first-order valence-electron chi connectivity index (χ1n) is 12.6. The number of hydrogen-bond donors (Lipinski definition) is 2. The van der Waals surface area contributed by atoms with Crippen molar-refractivity contribution in [3.05, 3.63) is 68.9 Å². The van der Waals surface area contributed by atoms with Gasteiger partial charge in [-0.25, -0.2) is 4.99 Å². The number of carbonyl (C=O) groups excluding carboxylic acids is 1. The standard InChI is InChI=1S/C29H33N3O4S.ClH/c1-17-18(2)26-23(19(3)25(17)33)11-13-29(4,36-26)28(34)32-14-12-22(16-32)35-21-9-7-20(8-10-21)31-27(30)24-6-5-15-37-24;/h5-10,15,22,33H,11-14,16H2,1-4H3,(H2,30,31);1H/t22-,29?;/m0./s1. The number of rotatable bonds is 5. The molecule has 2 atom stereocenters. The highest BCUT2D eigenvalue weighted by molar-refractivity contribution is 7.12. The van der Waals surface area contributed by atoms with Crippen molar-refractivity contribution in [1.82, 2.24) is 4.90 Å². The zero-order valence-corrected chi connectivity index (χ0v) is 23.7. The molecule has 0 aliphatic carbocycles. The average molecular weight is 556 g/mol. The van der Waals surface area contributed by atoms with Gasteiger partial charge in [-0.05, 0) is 86.5 Å². The van der Waals surface area contributed by atoms with Crippen LogP contribution in [0.4, 0.5) is 5.69 Å². The second-order valence-corrected chi connectivity index (χ2v) is 11.1. The number of halogens is 1. The molecule has 1 aromatic heterocycles. The maximum atomic E-state index is 13.6. The molecule has 3 N–H and O–H groups in total. The lowest BCUT2D eigenvalue weighted by atomic mass is 9.86. The van der Waals surface area contributed by atoms with Crippen LogP contribution in [0.25, 0.3) is 0 Å². The van der Waals surface area contributed by atoms with Crippen molar-refractivity contribution in [3.63, 3.8) is 0 Å². The van der Waals surface area contributed by atoms with E-state index in [-0.39, 0.29) is 24.4 Å². The van der Waals surface area contributed by atoms with Gasteiger partial charge in [0, 0.05) is 24.9 Å². The molecule has 2 aliphatic heterocycles. The monoisotopic (exact) mass is 555 g/mol.